The highest BCUT2D eigenvalue weighted by molar-refractivity contribution is 5.40. The van der Waals surface area contributed by atoms with Crippen molar-refractivity contribution in [1.29, 1.82) is 0 Å². The molecule has 160 valence electrons. The SMILES string of the molecule is CCCCc1c(C)nc2nc(NCc3ccc(OCc4ccccc4)cc3)[nH]n2c1=O. The van der Waals surface area contributed by atoms with E-state index in [2.05, 4.69) is 27.3 Å². The zero-order valence-corrected chi connectivity index (χ0v) is 17.9. The predicted molar refractivity (Wildman–Crippen MR) is 121 cm³/mol. The molecule has 0 radical (unpaired) electrons. The quantitative estimate of drug-likeness (QED) is 0.425. The van der Waals surface area contributed by atoms with Gasteiger partial charge in [-0.3, -0.25) is 9.89 Å². The number of anilines is 1. The van der Waals surface area contributed by atoms with Crippen LogP contribution in [0.5, 0.6) is 5.75 Å². The molecule has 0 atom stereocenters. The molecule has 31 heavy (non-hydrogen) atoms. The number of nitrogens with one attached hydrogen (secondary N) is 2. The lowest BCUT2D eigenvalue weighted by Gasteiger charge is -2.08. The molecular formula is C24H27N5O2. The molecule has 0 saturated heterocycles. The summed E-state index contributed by atoms with van der Waals surface area (Å²) in [5.74, 6) is 1.72. The van der Waals surface area contributed by atoms with Crippen LogP contribution in [0.4, 0.5) is 5.95 Å². The van der Waals surface area contributed by atoms with Crippen LogP contribution in [-0.4, -0.2) is 19.6 Å². The molecule has 0 unspecified atom stereocenters. The summed E-state index contributed by atoms with van der Waals surface area (Å²) in [6.07, 6.45) is 2.74. The van der Waals surface area contributed by atoms with Crippen LogP contribution < -0.4 is 15.6 Å². The second-order valence-electron chi connectivity index (χ2n) is 7.56. The molecule has 0 bridgehead atoms. The molecule has 0 spiro atoms. The van der Waals surface area contributed by atoms with Crippen molar-refractivity contribution in [3.8, 4) is 5.75 Å². The van der Waals surface area contributed by atoms with Crippen LogP contribution in [0.15, 0.2) is 59.4 Å². The minimum absolute atomic E-state index is 0.0728. The van der Waals surface area contributed by atoms with E-state index in [1.807, 2.05) is 61.5 Å². The summed E-state index contributed by atoms with van der Waals surface area (Å²) < 4.78 is 7.25. The Bertz CT molecular complexity index is 1200. The van der Waals surface area contributed by atoms with Gasteiger partial charge in [0.05, 0.1) is 5.69 Å². The van der Waals surface area contributed by atoms with E-state index in [9.17, 15) is 4.79 Å². The first-order valence-electron chi connectivity index (χ1n) is 10.6. The summed E-state index contributed by atoms with van der Waals surface area (Å²) in [6.45, 7) is 5.09. The third kappa shape index (κ3) is 4.94. The van der Waals surface area contributed by atoms with Gasteiger partial charge in [0.2, 0.25) is 5.95 Å². The number of ether oxygens (including phenoxy) is 1. The molecule has 0 saturated carbocycles. The number of benzene rings is 2. The Morgan fingerprint density at radius 3 is 2.55 bits per heavy atom. The van der Waals surface area contributed by atoms with E-state index in [1.165, 1.54) is 4.52 Å². The van der Waals surface area contributed by atoms with Gasteiger partial charge in [-0.1, -0.05) is 55.8 Å². The first-order valence-corrected chi connectivity index (χ1v) is 10.6. The Balaban J connectivity index is 1.39. The molecule has 2 heterocycles. The normalized spacial score (nSPS) is 11.0. The number of hydrogen-bond donors (Lipinski definition) is 2. The standard InChI is InChI=1S/C24H27N5O2/c1-3-4-10-21-17(2)26-24-27-23(28-29(24)22(21)30)25-15-18-11-13-20(14-12-18)31-16-19-8-6-5-7-9-19/h5-9,11-14H,3-4,10,15-16H2,1-2H3,(H2,25,26,27,28). The monoisotopic (exact) mass is 417 g/mol. The molecule has 0 aliphatic carbocycles. The number of hydrogen-bond acceptors (Lipinski definition) is 5. The van der Waals surface area contributed by atoms with Crippen molar-refractivity contribution in [3.63, 3.8) is 0 Å². The lowest BCUT2D eigenvalue weighted by molar-refractivity contribution is 0.306. The van der Waals surface area contributed by atoms with Gasteiger partial charge in [0.1, 0.15) is 12.4 Å². The number of fused-ring (bicyclic) bond motifs is 1. The maximum Gasteiger partial charge on any atom is 0.277 e. The summed E-state index contributed by atoms with van der Waals surface area (Å²) in [7, 11) is 0. The van der Waals surface area contributed by atoms with E-state index in [-0.39, 0.29) is 5.56 Å². The average Bonchev–Trinajstić information content (AvgIpc) is 3.20. The number of aromatic nitrogens is 4. The highest BCUT2D eigenvalue weighted by Gasteiger charge is 2.12. The average molecular weight is 418 g/mol. The lowest BCUT2D eigenvalue weighted by atomic mass is 10.1. The van der Waals surface area contributed by atoms with Crippen molar-refractivity contribution in [1.82, 2.24) is 19.6 Å². The van der Waals surface area contributed by atoms with Crippen molar-refractivity contribution in [2.24, 2.45) is 0 Å². The zero-order chi connectivity index (χ0) is 21.6. The smallest absolute Gasteiger partial charge is 0.277 e. The van der Waals surface area contributed by atoms with Crippen LogP contribution in [0.2, 0.25) is 0 Å². The summed E-state index contributed by atoms with van der Waals surface area (Å²) in [6, 6.07) is 18.0. The minimum Gasteiger partial charge on any atom is -0.489 e. The molecule has 7 heteroatoms. The topological polar surface area (TPSA) is 84.3 Å². The second kappa shape index (κ2) is 9.47. The van der Waals surface area contributed by atoms with E-state index in [0.717, 1.165) is 47.4 Å². The van der Waals surface area contributed by atoms with Crippen LogP contribution in [0, 0.1) is 6.92 Å². The van der Waals surface area contributed by atoms with Crippen molar-refractivity contribution in [3.05, 3.63) is 87.3 Å². The van der Waals surface area contributed by atoms with Gasteiger partial charge in [0, 0.05) is 12.1 Å². The molecule has 0 fully saturated rings. The maximum atomic E-state index is 12.8. The van der Waals surface area contributed by atoms with Crippen LogP contribution in [0.1, 0.15) is 42.1 Å². The summed E-state index contributed by atoms with van der Waals surface area (Å²) >= 11 is 0. The van der Waals surface area contributed by atoms with E-state index in [1.54, 1.807) is 0 Å². The van der Waals surface area contributed by atoms with Crippen molar-refractivity contribution < 1.29 is 4.74 Å². The van der Waals surface area contributed by atoms with Gasteiger partial charge in [0.25, 0.3) is 11.3 Å². The first kappa shape index (κ1) is 20.7. The lowest BCUT2D eigenvalue weighted by Crippen LogP contribution is -2.22. The number of aromatic amines is 1. The molecule has 2 aromatic carbocycles. The Hall–Kier alpha value is -3.61. The Kier molecular flexibility index (Phi) is 6.31. The number of H-pyrrole nitrogens is 1. The van der Waals surface area contributed by atoms with Gasteiger partial charge in [-0.25, -0.2) is 4.98 Å². The van der Waals surface area contributed by atoms with Crippen LogP contribution in [-0.2, 0) is 19.6 Å². The first-order chi connectivity index (χ1) is 15.1. The highest BCUT2D eigenvalue weighted by atomic mass is 16.5. The fourth-order valence-corrected chi connectivity index (χ4v) is 3.41. The molecule has 4 aromatic rings. The number of rotatable bonds is 9. The summed E-state index contributed by atoms with van der Waals surface area (Å²) in [5, 5.41) is 6.25. The molecule has 0 aliphatic heterocycles. The fourth-order valence-electron chi connectivity index (χ4n) is 3.41. The highest BCUT2D eigenvalue weighted by Crippen LogP contribution is 2.15. The van der Waals surface area contributed by atoms with E-state index >= 15 is 0 Å². The zero-order valence-electron chi connectivity index (χ0n) is 17.9. The van der Waals surface area contributed by atoms with Gasteiger partial charge in [0.15, 0.2) is 0 Å². The number of aryl methyl sites for hydroxylation is 1. The van der Waals surface area contributed by atoms with E-state index in [0.29, 0.717) is 24.9 Å². The van der Waals surface area contributed by atoms with Crippen LogP contribution in [0.25, 0.3) is 5.78 Å². The Morgan fingerprint density at radius 2 is 1.81 bits per heavy atom. The predicted octanol–water partition coefficient (Wildman–Crippen LogP) is 4.26. The molecular weight excluding hydrogens is 390 g/mol. The molecule has 7 nitrogen and oxygen atoms in total. The van der Waals surface area contributed by atoms with Gasteiger partial charge >= 0.3 is 0 Å². The van der Waals surface area contributed by atoms with Gasteiger partial charge in [-0.15, -0.1) is 0 Å². The van der Waals surface area contributed by atoms with Gasteiger partial charge < -0.3 is 10.1 Å². The fraction of sp³-hybridized carbons (Fsp3) is 0.292. The molecule has 2 N–H and O–H groups in total. The molecule has 0 amide bonds. The van der Waals surface area contributed by atoms with Crippen LogP contribution >= 0.6 is 0 Å². The molecule has 4 rings (SSSR count). The third-order valence-electron chi connectivity index (χ3n) is 5.21. The summed E-state index contributed by atoms with van der Waals surface area (Å²) in [4.78, 5) is 21.7. The summed E-state index contributed by atoms with van der Waals surface area (Å²) in [5.41, 5.74) is 3.64. The largest absolute Gasteiger partial charge is 0.489 e. The van der Waals surface area contributed by atoms with Gasteiger partial charge in [-0.2, -0.15) is 9.50 Å². The third-order valence-corrected chi connectivity index (χ3v) is 5.21. The van der Waals surface area contributed by atoms with E-state index in [4.69, 9.17) is 4.74 Å². The van der Waals surface area contributed by atoms with Crippen molar-refractivity contribution in [2.75, 3.05) is 5.32 Å². The number of nitrogens with zero attached hydrogens (tertiary/aromatic N) is 3. The molecule has 2 aromatic heterocycles. The van der Waals surface area contributed by atoms with Gasteiger partial charge in [-0.05, 0) is 43.0 Å². The number of unbranched alkanes of at least 4 members (excludes halogenated alkanes) is 1. The Labute approximate surface area is 181 Å². The van der Waals surface area contributed by atoms with E-state index < -0.39 is 0 Å². The van der Waals surface area contributed by atoms with Crippen molar-refractivity contribution >= 4 is 11.7 Å². The maximum absolute atomic E-state index is 12.8. The minimum atomic E-state index is -0.0728. The second-order valence-corrected chi connectivity index (χ2v) is 7.56. The Morgan fingerprint density at radius 1 is 1.03 bits per heavy atom. The van der Waals surface area contributed by atoms with Crippen molar-refractivity contribution in [2.45, 2.75) is 46.3 Å². The molecule has 0 aliphatic rings. The van der Waals surface area contributed by atoms with Crippen LogP contribution in [0.3, 0.4) is 0 Å².